The van der Waals surface area contributed by atoms with Gasteiger partial charge in [-0.15, -0.1) is 0 Å². The number of nitrogens with one attached hydrogen (secondary N) is 2. The number of aryl methyl sites for hydroxylation is 3. The van der Waals surface area contributed by atoms with Crippen molar-refractivity contribution in [2.24, 2.45) is 7.05 Å². The van der Waals surface area contributed by atoms with Gasteiger partial charge in [-0.2, -0.15) is 5.10 Å². The molecular weight excluding hydrogens is 328 g/mol. The molecule has 138 valence electrons. The number of carbonyl (C=O) groups excluding carboxylic acids is 2. The van der Waals surface area contributed by atoms with Crippen molar-refractivity contribution in [3.63, 3.8) is 0 Å². The molecule has 2 amide bonds. The van der Waals surface area contributed by atoms with Crippen molar-refractivity contribution in [3.8, 4) is 0 Å². The zero-order chi connectivity index (χ0) is 18.8. The summed E-state index contributed by atoms with van der Waals surface area (Å²) in [6, 6.07) is 5.42. The molecule has 1 aliphatic rings. The predicted molar refractivity (Wildman–Crippen MR) is 101 cm³/mol. The van der Waals surface area contributed by atoms with Crippen LogP contribution >= 0.6 is 0 Å². The standard InChI is InChI=1S/C20H26N4O2/c1-5-16(19-12(2)23-24(4)13(19)3)22-20(26)15-9-10-17-14(11-15)7-6-8-18(25)21-17/h9-11,16H,5-8H2,1-4H3,(H,21,25)(H,22,26)/t16-/m0/s1. The van der Waals surface area contributed by atoms with Crippen molar-refractivity contribution >= 4 is 17.5 Å². The van der Waals surface area contributed by atoms with Gasteiger partial charge in [0.05, 0.1) is 11.7 Å². The summed E-state index contributed by atoms with van der Waals surface area (Å²) in [5, 5.41) is 10.5. The Morgan fingerprint density at radius 2 is 2.12 bits per heavy atom. The Morgan fingerprint density at radius 1 is 1.35 bits per heavy atom. The molecule has 3 rings (SSSR count). The van der Waals surface area contributed by atoms with E-state index in [4.69, 9.17) is 0 Å². The highest BCUT2D eigenvalue weighted by Gasteiger charge is 2.22. The number of hydrogen-bond donors (Lipinski definition) is 2. The molecule has 0 aliphatic carbocycles. The van der Waals surface area contributed by atoms with Gasteiger partial charge in [-0.25, -0.2) is 0 Å². The molecule has 0 bridgehead atoms. The van der Waals surface area contributed by atoms with E-state index in [0.29, 0.717) is 12.0 Å². The minimum atomic E-state index is -0.0992. The number of fused-ring (bicyclic) bond motifs is 1. The number of anilines is 1. The van der Waals surface area contributed by atoms with Crippen molar-refractivity contribution in [1.29, 1.82) is 0 Å². The first-order valence-electron chi connectivity index (χ1n) is 9.14. The minimum absolute atomic E-state index is 0.0366. The lowest BCUT2D eigenvalue weighted by molar-refractivity contribution is -0.116. The topological polar surface area (TPSA) is 76.0 Å². The van der Waals surface area contributed by atoms with Gasteiger partial charge in [0.2, 0.25) is 5.91 Å². The van der Waals surface area contributed by atoms with E-state index in [1.54, 1.807) is 6.07 Å². The largest absolute Gasteiger partial charge is 0.345 e. The maximum Gasteiger partial charge on any atom is 0.251 e. The van der Waals surface area contributed by atoms with E-state index in [1.807, 2.05) is 37.7 Å². The second-order valence-electron chi connectivity index (χ2n) is 6.92. The van der Waals surface area contributed by atoms with Crippen LogP contribution in [0.1, 0.15) is 65.1 Å². The third kappa shape index (κ3) is 3.49. The summed E-state index contributed by atoms with van der Waals surface area (Å²) in [5.41, 5.74) is 5.56. The molecule has 2 N–H and O–H groups in total. The van der Waals surface area contributed by atoms with Crippen molar-refractivity contribution in [3.05, 3.63) is 46.3 Å². The average molecular weight is 354 g/mol. The van der Waals surface area contributed by atoms with Crippen LogP contribution in [0.5, 0.6) is 0 Å². The van der Waals surface area contributed by atoms with Crippen molar-refractivity contribution in [1.82, 2.24) is 15.1 Å². The number of rotatable bonds is 4. The van der Waals surface area contributed by atoms with Gasteiger partial charge in [-0.3, -0.25) is 14.3 Å². The SMILES string of the molecule is CC[C@H](NC(=O)c1ccc2c(c1)CCCC(=O)N2)c1c(C)nn(C)c1C. The number of amides is 2. The Labute approximate surface area is 154 Å². The molecule has 0 fully saturated rings. The highest BCUT2D eigenvalue weighted by atomic mass is 16.2. The first-order chi connectivity index (χ1) is 12.4. The van der Waals surface area contributed by atoms with E-state index in [1.165, 1.54) is 0 Å². The Bertz CT molecular complexity index is 854. The van der Waals surface area contributed by atoms with E-state index >= 15 is 0 Å². The van der Waals surface area contributed by atoms with Gasteiger partial charge in [-0.1, -0.05) is 6.92 Å². The van der Waals surface area contributed by atoms with Crippen LogP contribution < -0.4 is 10.6 Å². The molecule has 26 heavy (non-hydrogen) atoms. The summed E-state index contributed by atoms with van der Waals surface area (Å²) in [4.78, 5) is 24.5. The molecule has 0 saturated carbocycles. The molecule has 0 spiro atoms. The molecule has 2 heterocycles. The van der Waals surface area contributed by atoms with Gasteiger partial charge < -0.3 is 10.6 Å². The molecule has 1 aromatic heterocycles. The Balaban J connectivity index is 1.83. The summed E-state index contributed by atoms with van der Waals surface area (Å²) >= 11 is 0. The van der Waals surface area contributed by atoms with E-state index < -0.39 is 0 Å². The Morgan fingerprint density at radius 3 is 2.77 bits per heavy atom. The molecule has 6 nitrogen and oxygen atoms in total. The van der Waals surface area contributed by atoms with Gasteiger partial charge in [0.25, 0.3) is 5.91 Å². The number of aromatic nitrogens is 2. The number of carbonyl (C=O) groups is 2. The highest BCUT2D eigenvalue weighted by molar-refractivity contribution is 5.97. The summed E-state index contributed by atoms with van der Waals surface area (Å²) < 4.78 is 1.85. The fraction of sp³-hybridized carbons (Fsp3) is 0.450. The first kappa shape index (κ1) is 18.2. The third-order valence-electron chi connectivity index (χ3n) is 5.12. The van der Waals surface area contributed by atoms with Gasteiger partial charge in [0.1, 0.15) is 0 Å². The average Bonchev–Trinajstić information content (AvgIpc) is 2.76. The normalized spacial score (nSPS) is 15.0. The van der Waals surface area contributed by atoms with Crippen LogP contribution in [-0.4, -0.2) is 21.6 Å². The molecule has 1 aromatic carbocycles. The quantitative estimate of drug-likeness (QED) is 0.885. The second kappa shape index (κ2) is 7.32. The maximum absolute atomic E-state index is 12.8. The maximum atomic E-state index is 12.8. The Hall–Kier alpha value is -2.63. The molecule has 6 heteroatoms. The Kier molecular flexibility index (Phi) is 5.11. The number of nitrogens with zero attached hydrogens (tertiary/aromatic N) is 2. The fourth-order valence-corrected chi connectivity index (χ4v) is 3.63. The lowest BCUT2D eigenvalue weighted by Gasteiger charge is -2.18. The van der Waals surface area contributed by atoms with Gasteiger partial charge >= 0.3 is 0 Å². The fourth-order valence-electron chi connectivity index (χ4n) is 3.63. The van der Waals surface area contributed by atoms with Gasteiger partial charge in [0.15, 0.2) is 0 Å². The number of benzene rings is 1. The lowest BCUT2D eigenvalue weighted by Crippen LogP contribution is -2.29. The summed E-state index contributed by atoms with van der Waals surface area (Å²) in [5.74, 6) is -0.0626. The van der Waals surface area contributed by atoms with Gasteiger partial charge in [-0.05, 0) is 56.9 Å². The summed E-state index contributed by atoms with van der Waals surface area (Å²) in [7, 11) is 1.92. The zero-order valence-corrected chi connectivity index (χ0v) is 15.8. The minimum Gasteiger partial charge on any atom is -0.345 e. The van der Waals surface area contributed by atoms with E-state index in [0.717, 1.165) is 47.5 Å². The number of hydrogen-bond acceptors (Lipinski definition) is 3. The first-order valence-corrected chi connectivity index (χ1v) is 9.14. The molecule has 1 aliphatic heterocycles. The van der Waals surface area contributed by atoms with Crippen LogP contribution in [0, 0.1) is 13.8 Å². The highest BCUT2D eigenvalue weighted by Crippen LogP contribution is 2.26. The van der Waals surface area contributed by atoms with Crippen molar-refractivity contribution in [2.75, 3.05) is 5.32 Å². The smallest absolute Gasteiger partial charge is 0.251 e. The second-order valence-corrected chi connectivity index (χ2v) is 6.92. The zero-order valence-electron chi connectivity index (χ0n) is 15.8. The summed E-state index contributed by atoms with van der Waals surface area (Å²) in [6.07, 6.45) is 2.91. The summed E-state index contributed by atoms with van der Waals surface area (Å²) in [6.45, 7) is 6.06. The molecule has 0 radical (unpaired) electrons. The molecule has 2 aromatic rings. The van der Waals surface area contributed by atoms with Crippen LogP contribution in [0.2, 0.25) is 0 Å². The van der Waals surface area contributed by atoms with E-state index in [-0.39, 0.29) is 17.9 Å². The molecule has 0 unspecified atom stereocenters. The van der Waals surface area contributed by atoms with Crippen LogP contribution in [0.15, 0.2) is 18.2 Å². The van der Waals surface area contributed by atoms with Crippen molar-refractivity contribution in [2.45, 2.75) is 52.5 Å². The lowest BCUT2D eigenvalue weighted by atomic mass is 10.0. The van der Waals surface area contributed by atoms with Crippen LogP contribution in [0.4, 0.5) is 5.69 Å². The molecule has 1 atom stereocenters. The van der Waals surface area contributed by atoms with Crippen LogP contribution in [0.25, 0.3) is 0 Å². The molecular formula is C20H26N4O2. The van der Waals surface area contributed by atoms with Crippen molar-refractivity contribution < 1.29 is 9.59 Å². The van der Waals surface area contributed by atoms with E-state index in [2.05, 4.69) is 22.7 Å². The molecule has 0 saturated heterocycles. The monoisotopic (exact) mass is 354 g/mol. The van der Waals surface area contributed by atoms with E-state index in [9.17, 15) is 9.59 Å². The third-order valence-corrected chi connectivity index (χ3v) is 5.12. The van der Waals surface area contributed by atoms with Crippen LogP contribution in [0.3, 0.4) is 0 Å². The van der Waals surface area contributed by atoms with Crippen LogP contribution in [-0.2, 0) is 18.3 Å². The van der Waals surface area contributed by atoms with Gasteiger partial charge in [0, 0.05) is 36.0 Å². The predicted octanol–water partition coefficient (Wildman–Crippen LogP) is 3.19.